The molecule has 1 unspecified atom stereocenters. The normalized spacial score (nSPS) is 25.0. The minimum Gasteiger partial charge on any atom is -0.508 e. The maximum atomic E-state index is 12.3. The van der Waals surface area contributed by atoms with Gasteiger partial charge in [-0.15, -0.1) is 0 Å². The number of carbonyl (C=O) groups excluding carboxylic acids is 1. The molecular formula is C30H28O13. The summed E-state index contributed by atoms with van der Waals surface area (Å²) in [7, 11) is 0. The number of hydrogen-bond acceptors (Lipinski definition) is 13. The molecule has 13 heteroatoms. The highest BCUT2D eigenvalue weighted by atomic mass is 16.7. The molecular weight excluding hydrogens is 568 g/mol. The second-order valence-corrected chi connectivity index (χ2v) is 9.86. The van der Waals surface area contributed by atoms with E-state index in [9.17, 15) is 45.6 Å². The van der Waals surface area contributed by atoms with E-state index in [0.29, 0.717) is 5.56 Å². The third kappa shape index (κ3) is 6.44. The van der Waals surface area contributed by atoms with Gasteiger partial charge in [-0.1, -0.05) is 18.2 Å². The van der Waals surface area contributed by atoms with E-state index in [4.69, 9.17) is 18.9 Å². The lowest BCUT2D eigenvalue weighted by molar-refractivity contribution is -0.294. The predicted octanol–water partition coefficient (Wildman–Crippen LogP) is 1.77. The van der Waals surface area contributed by atoms with Crippen molar-refractivity contribution < 1.29 is 64.6 Å². The number of phenolic OH excluding ortho intramolecular Hbond substituents is 5. The molecule has 0 amide bonds. The van der Waals surface area contributed by atoms with Crippen LogP contribution in [0.1, 0.15) is 22.8 Å². The number of carbonyl (C=O) groups is 1. The van der Waals surface area contributed by atoms with E-state index in [1.165, 1.54) is 48.6 Å². The average molecular weight is 597 g/mol. The predicted molar refractivity (Wildman–Crippen MR) is 147 cm³/mol. The van der Waals surface area contributed by atoms with Crippen molar-refractivity contribution in [3.8, 4) is 34.5 Å². The van der Waals surface area contributed by atoms with E-state index in [-0.39, 0.29) is 39.9 Å². The molecule has 2 aliphatic rings. The summed E-state index contributed by atoms with van der Waals surface area (Å²) in [4.78, 5) is 12.3. The second kappa shape index (κ2) is 12.1. The van der Waals surface area contributed by atoms with Crippen LogP contribution in [0.4, 0.5) is 0 Å². The molecule has 0 aromatic heterocycles. The number of aliphatic hydroxyl groups is 3. The number of aromatic hydroxyl groups is 5. The van der Waals surface area contributed by atoms with Crippen LogP contribution in [0.3, 0.4) is 0 Å². The van der Waals surface area contributed by atoms with E-state index in [1.54, 1.807) is 12.1 Å². The minimum absolute atomic E-state index is 0.0492. The van der Waals surface area contributed by atoms with Crippen LogP contribution in [0.5, 0.6) is 34.5 Å². The van der Waals surface area contributed by atoms with Gasteiger partial charge in [0, 0.05) is 23.8 Å². The monoisotopic (exact) mass is 596 g/mol. The highest BCUT2D eigenvalue weighted by Gasteiger charge is 2.46. The molecule has 1 saturated heterocycles. The second-order valence-electron chi connectivity index (χ2n) is 9.86. The standard InChI is InChI=1S/C30H28O13/c31-16-5-1-14(2-6-16)3-8-25(36)40-13-24-26(37)27(38)28(39)30(43-24)42-23-12-18-20(34)10-17(32)11-22(18)41-29(23)15-4-7-19(33)21(35)9-15/h1-12,24,26-35,37-39H,13H2/b8-3+/t24-,26-,27-,28-,29?,30-/m1/s1. The van der Waals surface area contributed by atoms with Crippen molar-refractivity contribution in [1.82, 2.24) is 0 Å². The lowest BCUT2D eigenvalue weighted by Gasteiger charge is -2.41. The van der Waals surface area contributed by atoms with Crippen molar-refractivity contribution in [2.24, 2.45) is 0 Å². The number of fused-ring (bicyclic) bond motifs is 1. The third-order valence-corrected chi connectivity index (χ3v) is 6.81. The molecule has 13 nitrogen and oxygen atoms in total. The summed E-state index contributed by atoms with van der Waals surface area (Å²) in [6.45, 7) is -0.530. The summed E-state index contributed by atoms with van der Waals surface area (Å²) in [6.07, 6.45) is -5.50. The molecule has 2 aliphatic heterocycles. The molecule has 0 saturated carbocycles. The molecule has 0 spiro atoms. The van der Waals surface area contributed by atoms with Crippen molar-refractivity contribution in [1.29, 1.82) is 0 Å². The Morgan fingerprint density at radius 1 is 0.814 bits per heavy atom. The molecule has 8 N–H and O–H groups in total. The zero-order chi connectivity index (χ0) is 30.8. The minimum atomic E-state index is -1.79. The molecule has 2 heterocycles. The van der Waals surface area contributed by atoms with Crippen LogP contribution in [0, 0.1) is 0 Å². The van der Waals surface area contributed by atoms with E-state index < -0.39 is 60.9 Å². The zero-order valence-corrected chi connectivity index (χ0v) is 22.2. The fourth-order valence-corrected chi connectivity index (χ4v) is 4.52. The molecule has 3 aromatic carbocycles. The molecule has 3 aromatic rings. The van der Waals surface area contributed by atoms with Crippen LogP contribution < -0.4 is 4.74 Å². The number of rotatable bonds is 7. The van der Waals surface area contributed by atoms with Gasteiger partial charge >= 0.3 is 5.97 Å². The molecule has 0 aliphatic carbocycles. The van der Waals surface area contributed by atoms with Gasteiger partial charge in [0.1, 0.15) is 59.8 Å². The van der Waals surface area contributed by atoms with Gasteiger partial charge < -0.3 is 59.8 Å². The smallest absolute Gasteiger partial charge is 0.330 e. The lowest BCUT2D eigenvalue weighted by Crippen LogP contribution is -2.59. The first-order valence-corrected chi connectivity index (χ1v) is 13.0. The number of benzene rings is 3. The maximum Gasteiger partial charge on any atom is 0.330 e. The number of hydrogen-bond donors (Lipinski definition) is 8. The molecule has 0 radical (unpaired) electrons. The third-order valence-electron chi connectivity index (χ3n) is 6.81. The van der Waals surface area contributed by atoms with Gasteiger partial charge in [-0.05, 0) is 42.0 Å². The van der Waals surface area contributed by atoms with Crippen LogP contribution in [0.25, 0.3) is 12.2 Å². The molecule has 6 atom stereocenters. The Kier molecular flexibility index (Phi) is 8.32. The highest BCUT2D eigenvalue weighted by molar-refractivity contribution is 5.87. The number of aliphatic hydroxyl groups excluding tert-OH is 3. The Hall–Kier alpha value is -4.95. The van der Waals surface area contributed by atoms with Crippen molar-refractivity contribution in [2.75, 3.05) is 6.61 Å². The molecule has 1 fully saturated rings. The molecule has 43 heavy (non-hydrogen) atoms. The molecule has 5 rings (SSSR count). The Balaban J connectivity index is 1.35. The van der Waals surface area contributed by atoms with Crippen LogP contribution in [-0.4, -0.2) is 84.1 Å². The van der Waals surface area contributed by atoms with Crippen molar-refractivity contribution in [3.05, 3.63) is 83.1 Å². The van der Waals surface area contributed by atoms with Crippen LogP contribution in [0.2, 0.25) is 0 Å². The summed E-state index contributed by atoms with van der Waals surface area (Å²) in [5.41, 5.74) is 0.966. The topological polar surface area (TPSA) is 216 Å². The summed E-state index contributed by atoms with van der Waals surface area (Å²) in [5, 5.41) is 81.2. The fraction of sp³-hybridized carbons (Fsp3) is 0.233. The summed E-state index contributed by atoms with van der Waals surface area (Å²) >= 11 is 0. The van der Waals surface area contributed by atoms with Gasteiger partial charge in [-0.3, -0.25) is 0 Å². The molecule has 0 bridgehead atoms. The van der Waals surface area contributed by atoms with E-state index in [1.807, 2.05) is 0 Å². The Labute approximate surface area is 244 Å². The lowest BCUT2D eigenvalue weighted by atomic mass is 9.98. The first-order chi connectivity index (χ1) is 20.5. The zero-order valence-electron chi connectivity index (χ0n) is 22.2. The first kappa shape index (κ1) is 29.5. The maximum absolute atomic E-state index is 12.3. The van der Waals surface area contributed by atoms with E-state index >= 15 is 0 Å². The van der Waals surface area contributed by atoms with Gasteiger partial charge in [0.15, 0.2) is 17.6 Å². The Morgan fingerprint density at radius 2 is 1.56 bits per heavy atom. The average Bonchev–Trinajstić information content (AvgIpc) is 2.98. The largest absolute Gasteiger partial charge is 0.508 e. The van der Waals surface area contributed by atoms with Crippen LogP contribution >= 0.6 is 0 Å². The van der Waals surface area contributed by atoms with Crippen molar-refractivity contribution in [2.45, 2.75) is 36.8 Å². The highest BCUT2D eigenvalue weighted by Crippen LogP contribution is 2.45. The number of esters is 1. The summed E-state index contributed by atoms with van der Waals surface area (Å²) in [5.74, 6) is -2.31. The summed E-state index contributed by atoms with van der Waals surface area (Å²) in [6, 6.07) is 12.1. The molecule has 226 valence electrons. The van der Waals surface area contributed by atoms with Crippen LogP contribution in [-0.2, 0) is 19.0 Å². The van der Waals surface area contributed by atoms with E-state index in [0.717, 1.165) is 12.1 Å². The van der Waals surface area contributed by atoms with E-state index in [2.05, 4.69) is 0 Å². The van der Waals surface area contributed by atoms with Crippen molar-refractivity contribution in [3.63, 3.8) is 0 Å². The quantitative estimate of drug-likeness (QED) is 0.111. The summed E-state index contributed by atoms with van der Waals surface area (Å²) < 4.78 is 22.7. The number of phenols is 5. The van der Waals surface area contributed by atoms with Gasteiger partial charge in [-0.2, -0.15) is 0 Å². The number of ether oxygens (including phenoxy) is 4. The fourth-order valence-electron chi connectivity index (χ4n) is 4.52. The van der Waals surface area contributed by atoms with Crippen molar-refractivity contribution >= 4 is 18.1 Å². The first-order valence-electron chi connectivity index (χ1n) is 13.0. The Bertz CT molecular complexity index is 1550. The van der Waals surface area contributed by atoms with Gasteiger partial charge in [-0.25, -0.2) is 4.79 Å². The SMILES string of the molecule is O=C(/C=C/c1ccc(O)cc1)OC[C@H]1O[C@@H](OC2=Cc3c(O)cc(O)cc3OC2c2ccc(O)c(O)c2)[C@H](O)[C@H](O)[C@@H]1O. The van der Waals surface area contributed by atoms with Gasteiger partial charge in [0.2, 0.25) is 6.29 Å². The van der Waals surface area contributed by atoms with Gasteiger partial charge in [0.05, 0.1) is 5.56 Å². The van der Waals surface area contributed by atoms with Gasteiger partial charge in [0.25, 0.3) is 0 Å². The van der Waals surface area contributed by atoms with Crippen LogP contribution in [0.15, 0.2) is 66.4 Å². The Morgan fingerprint density at radius 3 is 2.28 bits per heavy atom.